The van der Waals surface area contributed by atoms with Crippen LogP contribution in [0.5, 0.6) is 0 Å². The van der Waals surface area contributed by atoms with E-state index in [1.165, 1.54) is 0 Å². The summed E-state index contributed by atoms with van der Waals surface area (Å²) in [4.78, 5) is 15.9. The Hall–Kier alpha value is -2.54. The summed E-state index contributed by atoms with van der Waals surface area (Å²) in [5.74, 6) is 1.67. The number of hydrogen-bond donors (Lipinski definition) is 2. The number of furan rings is 1. The molecule has 1 aromatic heterocycles. The van der Waals surface area contributed by atoms with Gasteiger partial charge in [-0.25, -0.2) is 0 Å². The summed E-state index contributed by atoms with van der Waals surface area (Å²) < 4.78 is 5.27. The fraction of sp³-hybridized carbons (Fsp3) is 0.235. The summed E-state index contributed by atoms with van der Waals surface area (Å²) in [5.41, 5.74) is 7.14. The van der Waals surface area contributed by atoms with Crippen LogP contribution >= 0.6 is 11.8 Å². The van der Waals surface area contributed by atoms with Gasteiger partial charge in [0, 0.05) is 17.9 Å². The van der Waals surface area contributed by atoms with E-state index in [0.29, 0.717) is 13.0 Å². The lowest BCUT2D eigenvalue weighted by molar-refractivity contribution is -0.116. The van der Waals surface area contributed by atoms with Gasteiger partial charge in [-0.05, 0) is 41.8 Å². The third-order valence-electron chi connectivity index (χ3n) is 3.92. The monoisotopic (exact) mass is 340 g/mol. The number of benzene rings is 1. The number of nitrogens with zero attached hydrogens (tertiary/aromatic N) is 2. The number of hydrazone groups is 1. The highest BCUT2D eigenvalue weighted by Gasteiger charge is 2.18. The van der Waals surface area contributed by atoms with E-state index in [-0.39, 0.29) is 5.91 Å². The highest BCUT2D eigenvalue weighted by atomic mass is 32.2. The number of aliphatic imine (C=N–C) groups is 1. The normalized spacial score (nSPS) is 18.6. The molecule has 0 aliphatic carbocycles. The second-order valence-electron chi connectivity index (χ2n) is 5.58. The number of fused-ring (bicyclic) bond motifs is 1. The molecule has 0 bridgehead atoms. The van der Waals surface area contributed by atoms with Gasteiger partial charge >= 0.3 is 0 Å². The van der Waals surface area contributed by atoms with Crippen molar-refractivity contribution in [3.8, 4) is 0 Å². The van der Waals surface area contributed by atoms with Gasteiger partial charge in [0.1, 0.15) is 5.76 Å². The molecule has 122 valence electrons. The molecule has 2 aliphatic heterocycles. The van der Waals surface area contributed by atoms with E-state index in [4.69, 9.17) is 4.42 Å². The standard InChI is InChI=1S/C17H16N4O2S/c22-16-6-4-11-8-12(3-5-14(11)19-16)15-10-24-17(21-20-15)18-9-13-2-1-7-23-13/h1-3,5,7-8H,4,6,9-10H2,(H,18,21)(H,19,22). The first kappa shape index (κ1) is 15.0. The van der Waals surface area contributed by atoms with Gasteiger partial charge in [0.25, 0.3) is 0 Å². The van der Waals surface area contributed by atoms with E-state index in [0.717, 1.165) is 45.6 Å². The average Bonchev–Trinajstić information content (AvgIpc) is 3.13. The summed E-state index contributed by atoms with van der Waals surface area (Å²) >= 11 is 1.62. The van der Waals surface area contributed by atoms with Crippen molar-refractivity contribution in [2.75, 3.05) is 11.1 Å². The predicted octanol–water partition coefficient (Wildman–Crippen LogP) is 2.76. The van der Waals surface area contributed by atoms with Crippen molar-refractivity contribution >= 4 is 34.2 Å². The molecule has 0 saturated carbocycles. The van der Waals surface area contributed by atoms with Crippen LogP contribution < -0.4 is 10.7 Å². The van der Waals surface area contributed by atoms with Crippen molar-refractivity contribution in [1.29, 1.82) is 0 Å². The number of thioether (sulfide) groups is 1. The highest BCUT2D eigenvalue weighted by Crippen LogP contribution is 2.25. The quantitative estimate of drug-likeness (QED) is 0.900. The molecule has 0 spiro atoms. The van der Waals surface area contributed by atoms with Crippen LogP contribution in [0.3, 0.4) is 0 Å². The van der Waals surface area contributed by atoms with Crippen LogP contribution in [0, 0.1) is 0 Å². The van der Waals surface area contributed by atoms with Gasteiger partial charge in [0.2, 0.25) is 5.91 Å². The van der Waals surface area contributed by atoms with E-state index in [2.05, 4.69) is 26.9 Å². The Morgan fingerprint density at radius 3 is 3.04 bits per heavy atom. The molecular weight excluding hydrogens is 324 g/mol. The Morgan fingerprint density at radius 2 is 2.25 bits per heavy atom. The Bertz CT molecular complexity index is 827. The Kier molecular flexibility index (Phi) is 4.08. The maximum Gasteiger partial charge on any atom is 0.224 e. The lowest BCUT2D eigenvalue weighted by Crippen LogP contribution is -2.26. The molecule has 0 radical (unpaired) electrons. The van der Waals surface area contributed by atoms with Crippen LogP contribution in [0.25, 0.3) is 0 Å². The molecular formula is C17H16N4O2S. The number of nitrogens with one attached hydrogen (secondary N) is 2. The number of anilines is 1. The first-order valence-corrected chi connectivity index (χ1v) is 8.72. The fourth-order valence-corrected chi connectivity index (χ4v) is 3.43. The van der Waals surface area contributed by atoms with E-state index >= 15 is 0 Å². The molecule has 1 amide bonds. The molecule has 0 fully saturated rings. The molecule has 0 atom stereocenters. The minimum Gasteiger partial charge on any atom is -0.467 e. The lowest BCUT2D eigenvalue weighted by Gasteiger charge is -2.19. The predicted molar refractivity (Wildman–Crippen MR) is 95.4 cm³/mol. The lowest BCUT2D eigenvalue weighted by atomic mass is 9.99. The van der Waals surface area contributed by atoms with Gasteiger partial charge in [-0.2, -0.15) is 5.10 Å². The minimum atomic E-state index is 0.0832. The first-order chi connectivity index (χ1) is 11.8. The number of amidine groups is 1. The number of amides is 1. The molecule has 2 N–H and O–H groups in total. The molecule has 2 aromatic rings. The zero-order valence-corrected chi connectivity index (χ0v) is 13.7. The summed E-state index contributed by atoms with van der Waals surface area (Å²) in [6.45, 7) is 0.506. The van der Waals surface area contributed by atoms with E-state index in [9.17, 15) is 4.79 Å². The number of hydrogen-bond acceptors (Lipinski definition) is 5. The second kappa shape index (κ2) is 6.52. The van der Waals surface area contributed by atoms with Gasteiger partial charge in [0.05, 0.1) is 18.5 Å². The van der Waals surface area contributed by atoms with Crippen LogP contribution in [0.1, 0.15) is 23.3 Å². The third kappa shape index (κ3) is 3.21. The van der Waals surface area contributed by atoms with Crippen LogP contribution in [-0.2, 0) is 17.8 Å². The summed E-state index contributed by atoms with van der Waals surface area (Å²) in [5, 5.41) is 8.13. The SMILES string of the molecule is O=C1CCc2cc(C3=NNC(=NCc4ccco4)SC3)ccc2N1. The van der Waals surface area contributed by atoms with Gasteiger partial charge in [0.15, 0.2) is 5.17 Å². The minimum absolute atomic E-state index is 0.0832. The Labute approximate surface area is 143 Å². The smallest absolute Gasteiger partial charge is 0.224 e. The molecule has 7 heteroatoms. The largest absolute Gasteiger partial charge is 0.467 e. The highest BCUT2D eigenvalue weighted by molar-refractivity contribution is 8.14. The van der Waals surface area contributed by atoms with E-state index in [1.807, 2.05) is 24.3 Å². The molecule has 0 unspecified atom stereocenters. The van der Waals surface area contributed by atoms with Crippen molar-refractivity contribution in [1.82, 2.24) is 5.43 Å². The Morgan fingerprint density at radius 1 is 1.29 bits per heavy atom. The summed E-state index contributed by atoms with van der Waals surface area (Å²) in [6.07, 6.45) is 2.96. The van der Waals surface area contributed by atoms with Crippen LogP contribution in [0.4, 0.5) is 5.69 Å². The zero-order chi connectivity index (χ0) is 16.4. The summed E-state index contributed by atoms with van der Waals surface area (Å²) in [6, 6.07) is 9.82. The van der Waals surface area contributed by atoms with Gasteiger partial charge in [-0.15, -0.1) is 0 Å². The van der Waals surface area contributed by atoms with Crippen molar-refractivity contribution in [2.45, 2.75) is 19.4 Å². The van der Waals surface area contributed by atoms with Crippen LogP contribution in [-0.4, -0.2) is 22.5 Å². The molecule has 0 saturated heterocycles. The molecule has 4 rings (SSSR count). The van der Waals surface area contributed by atoms with E-state index < -0.39 is 0 Å². The zero-order valence-electron chi connectivity index (χ0n) is 12.9. The number of aryl methyl sites for hydroxylation is 1. The number of carbonyl (C=O) groups is 1. The molecule has 3 heterocycles. The molecule has 1 aromatic carbocycles. The molecule has 2 aliphatic rings. The maximum atomic E-state index is 11.4. The van der Waals surface area contributed by atoms with Gasteiger partial charge in [-0.1, -0.05) is 17.8 Å². The maximum absolute atomic E-state index is 11.4. The molecule has 24 heavy (non-hydrogen) atoms. The second-order valence-corrected chi connectivity index (χ2v) is 6.54. The number of carbonyl (C=O) groups excluding carboxylic acids is 1. The third-order valence-corrected chi connectivity index (χ3v) is 4.84. The fourth-order valence-electron chi connectivity index (χ4n) is 2.66. The van der Waals surface area contributed by atoms with Crippen molar-refractivity contribution in [3.63, 3.8) is 0 Å². The Balaban J connectivity index is 1.46. The van der Waals surface area contributed by atoms with Crippen molar-refractivity contribution in [2.24, 2.45) is 10.1 Å². The van der Waals surface area contributed by atoms with E-state index in [1.54, 1.807) is 18.0 Å². The number of rotatable bonds is 3. The van der Waals surface area contributed by atoms with Crippen molar-refractivity contribution in [3.05, 3.63) is 53.5 Å². The topological polar surface area (TPSA) is 79.0 Å². The van der Waals surface area contributed by atoms with Crippen molar-refractivity contribution < 1.29 is 9.21 Å². The molecule has 6 nitrogen and oxygen atoms in total. The van der Waals surface area contributed by atoms with Gasteiger partial charge in [-0.3, -0.25) is 15.2 Å². The summed E-state index contributed by atoms with van der Waals surface area (Å²) in [7, 11) is 0. The average molecular weight is 340 g/mol. The van der Waals surface area contributed by atoms with Crippen LogP contribution in [0.15, 0.2) is 51.1 Å². The van der Waals surface area contributed by atoms with Gasteiger partial charge < -0.3 is 9.73 Å². The van der Waals surface area contributed by atoms with Crippen LogP contribution in [0.2, 0.25) is 0 Å². The first-order valence-electron chi connectivity index (χ1n) is 7.73.